The molecule has 1 N–H and O–H groups in total. The van der Waals surface area contributed by atoms with E-state index in [1.165, 1.54) is 12.1 Å². The lowest BCUT2D eigenvalue weighted by molar-refractivity contribution is -0.152. The molecular weight excluding hydrogens is 398 g/mol. The first-order valence-corrected chi connectivity index (χ1v) is 10.5. The average molecular weight is 430 g/mol. The van der Waals surface area contributed by atoms with Crippen molar-refractivity contribution in [3.05, 3.63) is 41.5 Å². The van der Waals surface area contributed by atoms with E-state index < -0.39 is 30.1 Å². The van der Waals surface area contributed by atoms with Crippen LogP contribution in [0.15, 0.2) is 30.4 Å². The molecule has 1 fully saturated rings. The van der Waals surface area contributed by atoms with Crippen LogP contribution in [-0.2, 0) is 19.0 Å². The third-order valence-electron chi connectivity index (χ3n) is 5.58. The monoisotopic (exact) mass is 429 g/mol. The van der Waals surface area contributed by atoms with Crippen LogP contribution in [0.25, 0.3) is 6.08 Å². The molecule has 0 amide bonds. The number of phenols is 1. The van der Waals surface area contributed by atoms with Crippen LogP contribution in [0, 0.1) is 5.92 Å². The van der Waals surface area contributed by atoms with Crippen molar-refractivity contribution in [2.75, 3.05) is 19.0 Å². The van der Waals surface area contributed by atoms with E-state index in [0.717, 1.165) is 5.69 Å². The number of cyclic esters (lactones) is 1. The maximum absolute atomic E-state index is 12.9. The van der Waals surface area contributed by atoms with Gasteiger partial charge in [0, 0.05) is 31.8 Å². The Kier molecular flexibility index (Phi) is 6.57. The number of esters is 1. The number of hydrogen-bond donors (Lipinski definition) is 1. The Labute approximate surface area is 183 Å². The second-order valence-electron chi connectivity index (χ2n) is 8.79. The molecule has 1 aromatic rings. The van der Waals surface area contributed by atoms with Crippen molar-refractivity contribution >= 4 is 23.5 Å². The molecule has 2 heterocycles. The zero-order valence-corrected chi connectivity index (χ0v) is 18.9. The topological polar surface area (TPSA) is 85.3 Å². The Hall–Kier alpha value is -2.64. The summed E-state index contributed by atoms with van der Waals surface area (Å²) in [6, 6.07) is 3.35. The number of ether oxygens (including phenoxy) is 3. The molecule has 0 saturated carbocycles. The predicted molar refractivity (Wildman–Crippen MR) is 118 cm³/mol. The highest BCUT2D eigenvalue weighted by Crippen LogP contribution is 2.33. The Balaban J connectivity index is 2.06. The first-order valence-electron chi connectivity index (χ1n) is 10.5. The molecule has 168 valence electrons. The molecule has 0 radical (unpaired) electrons. The fourth-order valence-electron chi connectivity index (χ4n) is 3.66. The normalized spacial score (nSPS) is 30.5. The summed E-state index contributed by atoms with van der Waals surface area (Å²) < 4.78 is 17.4. The third-order valence-corrected chi connectivity index (χ3v) is 5.58. The lowest BCUT2D eigenvalue weighted by atomic mass is 9.99. The number of ketones is 1. The highest BCUT2D eigenvalue weighted by Gasteiger charge is 2.43. The van der Waals surface area contributed by atoms with Gasteiger partial charge in [0.05, 0.1) is 6.10 Å². The molecule has 1 saturated heterocycles. The van der Waals surface area contributed by atoms with Crippen LogP contribution in [0.5, 0.6) is 5.75 Å². The quantitative estimate of drug-likeness (QED) is 0.681. The van der Waals surface area contributed by atoms with Gasteiger partial charge in [0.25, 0.3) is 0 Å². The van der Waals surface area contributed by atoms with Gasteiger partial charge < -0.3 is 24.2 Å². The molecule has 7 heteroatoms. The summed E-state index contributed by atoms with van der Waals surface area (Å²) in [5, 5.41) is 10.6. The van der Waals surface area contributed by atoms with E-state index in [0.29, 0.717) is 12.0 Å². The molecule has 0 aromatic heterocycles. The molecule has 7 nitrogen and oxygen atoms in total. The van der Waals surface area contributed by atoms with Gasteiger partial charge in [-0.2, -0.15) is 0 Å². The van der Waals surface area contributed by atoms with Gasteiger partial charge in [-0.25, -0.2) is 4.79 Å². The van der Waals surface area contributed by atoms with Crippen LogP contribution in [-0.4, -0.2) is 55.1 Å². The zero-order valence-electron chi connectivity index (χ0n) is 18.9. The lowest BCUT2D eigenvalue weighted by Crippen LogP contribution is -2.30. The SMILES string of the molecule is C[C@@H]1/C=C\C(=O)[C@H]2OC(C)(C)O[C@H]2C/C=C/c2cc(N(C)C)cc(O)c2C(=O)O[C@H]1C. The minimum Gasteiger partial charge on any atom is -0.507 e. The summed E-state index contributed by atoms with van der Waals surface area (Å²) in [7, 11) is 3.70. The number of carbonyl (C=O) groups excluding carboxylic acids is 2. The van der Waals surface area contributed by atoms with Crippen molar-refractivity contribution in [1.82, 2.24) is 0 Å². The van der Waals surface area contributed by atoms with Gasteiger partial charge in [-0.1, -0.05) is 25.2 Å². The van der Waals surface area contributed by atoms with Gasteiger partial charge in [0.1, 0.15) is 23.5 Å². The van der Waals surface area contributed by atoms with E-state index in [9.17, 15) is 14.7 Å². The van der Waals surface area contributed by atoms with Gasteiger partial charge in [-0.15, -0.1) is 0 Å². The van der Waals surface area contributed by atoms with E-state index in [1.807, 2.05) is 38.1 Å². The summed E-state index contributed by atoms with van der Waals surface area (Å²) in [6.45, 7) is 7.17. The molecule has 1 aromatic carbocycles. The Morgan fingerprint density at radius 2 is 1.81 bits per heavy atom. The number of nitrogens with zero attached hydrogens (tertiary/aromatic N) is 1. The van der Waals surface area contributed by atoms with Crippen LogP contribution < -0.4 is 4.90 Å². The van der Waals surface area contributed by atoms with E-state index in [2.05, 4.69) is 0 Å². The number of benzene rings is 1. The zero-order chi connectivity index (χ0) is 22.9. The van der Waals surface area contributed by atoms with Crippen molar-refractivity contribution in [3.8, 4) is 5.75 Å². The number of anilines is 1. The van der Waals surface area contributed by atoms with E-state index in [1.54, 1.807) is 32.9 Å². The number of hydrogen-bond acceptors (Lipinski definition) is 7. The van der Waals surface area contributed by atoms with Crippen molar-refractivity contribution in [1.29, 1.82) is 0 Å². The number of carbonyl (C=O) groups is 2. The third kappa shape index (κ3) is 5.17. The smallest absolute Gasteiger partial charge is 0.342 e. The van der Waals surface area contributed by atoms with Crippen molar-refractivity contribution in [3.63, 3.8) is 0 Å². The fraction of sp³-hybridized carbons (Fsp3) is 0.500. The van der Waals surface area contributed by atoms with Gasteiger partial charge >= 0.3 is 5.97 Å². The summed E-state index contributed by atoms with van der Waals surface area (Å²) in [5.74, 6) is -2.02. The Bertz CT molecular complexity index is 917. The molecular formula is C24H31NO6. The standard InChI is InChI=1S/C24H31NO6/c1-14-10-11-18(26)22-20(30-24(3,4)31-22)9-7-8-16-12-17(25(5)6)13-19(27)21(16)23(28)29-15(14)2/h7-8,10-15,20,22,27H,9H2,1-6H3/b8-7+,11-10-/t14-,15+,20+,22-/m1/s1. The van der Waals surface area contributed by atoms with Gasteiger partial charge in [-0.3, -0.25) is 4.79 Å². The molecule has 0 spiro atoms. The molecule has 4 atom stereocenters. The van der Waals surface area contributed by atoms with Crippen LogP contribution in [0.4, 0.5) is 5.69 Å². The van der Waals surface area contributed by atoms with Crippen molar-refractivity contribution in [2.24, 2.45) is 5.92 Å². The fourth-order valence-corrected chi connectivity index (χ4v) is 3.66. The number of phenolic OH excluding ortho intramolecular Hbond substituents is 1. The summed E-state index contributed by atoms with van der Waals surface area (Å²) in [5.41, 5.74) is 1.38. The minimum absolute atomic E-state index is 0.110. The average Bonchev–Trinajstić information content (AvgIpc) is 2.99. The van der Waals surface area contributed by atoms with Crippen LogP contribution in [0.3, 0.4) is 0 Å². The van der Waals surface area contributed by atoms with Gasteiger partial charge in [0.2, 0.25) is 0 Å². The number of fused-ring (bicyclic) bond motifs is 2. The summed E-state index contributed by atoms with van der Waals surface area (Å²) >= 11 is 0. The second-order valence-corrected chi connectivity index (χ2v) is 8.79. The molecule has 3 rings (SSSR count). The van der Waals surface area contributed by atoms with Gasteiger partial charge in [-0.05, 0) is 44.9 Å². The molecule has 0 bridgehead atoms. The second kappa shape index (κ2) is 8.85. The van der Waals surface area contributed by atoms with E-state index >= 15 is 0 Å². The number of rotatable bonds is 1. The molecule has 31 heavy (non-hydrogen) atoms. The summed E-state index contributed by atoms with van der Waals surface area (Å²) in [4.78, 5) is 27.5. The molecule has 0 aliphatic carbocycles. The molecule has 0 unspecified atom stereocenters. The minimum atomic E-state index is -0.868. The van der Waals surface area contributed by atoms with Crippen LogP contribution in [0.2, 0.25) is 0 Å². The van der Waals surface area contributed by atoms with Crippen molar-refractivity contribution < 1.29 is 28.9 Å². The first-order chi connectivity index (χ1) is 14.5. The maximum atomic E-state index is 12.9. The lowest BCUT2D eigenvalue weighted by Gasteiger charge is -2.21. The molecule has 2 aliphatic heterocycles. The first kappa shape index (κ1) is 23.0. The summed E-state index contributed by atoms with van der Waals surface area (Å²) in [6.07, 6.45) is 5.48. The largest absolute Gasteiger partial charge is 0.507 e. The maximum Gasteiger partial charge on any atom is 0.342 e. The molecule has 2 aliphatic rings. The highest BCUT2D eigenvalue weighted by atomic mass is 16.8. The predicted octanol–water partition coefficient (Wildman–Crippen LogP) is 3.70. The van der Waals surface area contributed by atoms with E-state index in [-0.39, 0.29) is 23.0 Å². The number of aromatic hydroxyl groups is 1. The van der Waals surface area contributed by atoms with Crippen LogP contribution >= 0.6 is 0 Å². The van der Waals surface area contributed by atoms with Crippen molar-refractivity contribution in [2.45, 2.75) is 58.2 Å². The van der Waals surface area contributed by atoms with Crippen LogP contribution in [0.1, 0.15) is 50.0 Å². The van der Waals surface area contributed by atoms with Gasteiger partial charge in [0.15, 0.2) is 11.6 Å². The highest BCUT2D eigenvalue weighted by molar-refractivity contribution is 5.98. The Morgan fingerprint density at radius 3 is 2.48 bits per heavy atom. The Morgan fingerprint density at radius 1 is 1.10 bits per heavy atom. The van der Waals surface area contributed by atoms with E-state index in [4.69, 9.17) is 14.2 Å².